The van der Waals surface area contributed by atoms with Crippen molar-refractivity contribution in [2.75, 3.05) is 12.1 Å². The minimum absolute atomic E-state index is 0.123. The molecule has 2 heterocycles. The Balaban J connectivity index is 2.31. The number of hydrazine groups is 1. The molecule has 15 heavy (non-hydrogen) atoms. The summed E-state index contributed by atoms with van der Waals surface area (Å²) in [5, 5.41) is 7.90. The first-order valence-electron chi connectivity index (χ1n) is 4.82. The molecule has 80 valence electrons. The molecule has 0 aromatic carbocycles. The number of ketones is 1. The smallest absolute Gasteiger partial charge is 0.175 e. The van der Waals surface area contributed by atoms with E-state index in [0.717, 1.165) is 5.69 Å². The SMILES string of the molecule is CC1C(=O)C=CN(c2cnn(C)c2)N1C. The van der Waals surface area contributed by atoms with Gasteiger partial charge in [0.25, 0.3) is 0 Å². The average Bonchev–Trinajstić information content (AvgIpc) is 2.61. The molecule has 0 saturated heterocycles. The Kier molecular flexibility index (Phi) is 2.32. The molecule has 0 radical (unpaired) electrons. The molecule has 2 rings (SSSR count). The van der Waals surface area contributed by atoms with Gasteiger partial charge in [0.2, 0.25) is 0 Å². The zero-order valence-electron chi connectivity index (χ0n) is 9.08. The number of anilines is 1. The van der Waals surface area contributed by atoms with Crippen LogP contribution in [0, 0.1) is 0 Å². The third kappa shape index (κ3) is 1.66. The van der Waals surface area contributed by atoms with Crippen LogP contribution in [0.4, 0.5) is 5.69 Å². The topological polar surface area (TPSA) is 41.4 Å². The van der Waals surface area contributed by atoms with E-state index in [9.17, 15) is 4.79 Å². The predicted octanol–water partition coefficient (Wildman–Crippen LogP) is 0.558. The number of rotatable bonds is 1. The van der Waals surface area contributed by atoms with E-state index in [1.807, 2.05) is 37.2 Å². The van der Waals surface area contributed by atoms with Crippen LogP contribution in [0.2, 0.25) is 0 Å². The number of aryl methyl sites for hydroxylation is 1. The van der Waals surface area contributed by atoms with Gasteiger partial charge in [0.1, 0.15) is 0 Å². The van der Waals surface area contributed by atoms with Crippen molar-refractivity contribution in [3.63, 3.8) is 0 Å². The highest BCUT2D eigenvalue weighted by Crippen LogP contribution is 2.19. The quantitative estimate of drug-likeness (QED) is 0.673. The van der Waals surface area contributed by atoms with Crippen molar-refractivity contribution in [1.82, 2.24) is 14.8 Å². The molecular formula is C10H14N4O. The van der Waals surface area contributed by atoms with Crippen molar-refractivity contribution in [2.45, 2.75) is 13.0 Å². The summed E-state index contributed by atoms with van der Waals surface area (Å²) < 4.78 is 1.73. The van der Waals surface area contributed by atoms with Crippen molar-refractivity contribution in [3.05, 3.63) is 24.7 Å². The van der Waals surface area contributed by atoms with Gasteiger partial charge in [-0.05, 0) is 6.92 Å². The van der Waals surface area contributed by atoms with Crippen LogP contribution in [0.5, 0.6) is 0 Å². The zero-order chi connectivity index (χ0) is 11.0. The van der Waals surface area contributed by atoms with Crippen LogP contribution in [0.25, 0.3) is 0 Å². The van der Waals surface area contributed by atoms with Crippen LogP contribution in [0.3, 0.4) is 0 Å². The van der Waals surface area contributed by atoms with Crippen LogP contribution >= 0.6 is 0 Å². The summed E-state index contributed by atoms with van der Waals surface area (Å²) in [7, 11) is 3.75. The predicted molar refractivity (Wildman–Crippen MR) is 57.1 cm³/mol. The van der Waals surface area contributed by atoms with Gasteiger partial charge in [-0.2, -0.15) is 5.10 Å². The van der Waals surface area contributed by atoms with Crippen LogP contribution < -0.4 is 5.01 Å². The molecule has 1 aliphatic heterocycles. The van der Waals surface area contributed by atoms with Crippen molar-refractivity contribution in [1.29, 1.82) is 0 Å². The third-order valence-electron chi connectivity index (χ3n) is 2.65. The summed E-state index contributed by atoms with van der Waals surface area (Å²) in [6, 6.07) is -0.129. The number of hydrogen-bond donors (Lipinski definition) is 0. The first kappa shape index (κ1) is 9.92. The van der Waals surface area contributed by atoms with Crippen molar-refractivity contribution in [2.24, 2.45) is 7.05 Å². The first-order chi connectivity index (χ1) is 7.09. The van der Waals surface area contributed by atoms with E-state index in [-0.39, 0.29) is 11.8 Å². The fourth-order valence-electron chi connectivity index (χ4n) is 1.55. The largest absolute Gasteiger partial charge is 0.293 e. The summed E-state index contributed by atoms with van der Waals surface area (Å²) >= 11 is 0. The monoisotopic (exact) mass is 206 g/mol. The molecule has 5 nitrogen and oxygen atoms in total. The van der Waals surface area contributed by atoms with Gasteiger partial charge in [-0.15, -0.1) is 0 Å². The van der Waals surface area contributed by atoms with Gasteiger partial charge < -0.3 is 0 Å². The Hall–Kier alpha value is -1.62. The fourth-order valence-corrected chi connectivity index (χ4v) is 1.55. The van der Waals surface area contributed by atoms with Gasteiger partial charge in [-0.3, -0.25) is 14.5 Å². The number of likely N-dealkylation sites (N-methyl/N-ethyl adjacent to an activating group) is 1. The second-order valence-electron chi connectivity index (χ2n) is 3.68. The summed E-state index contributed by atoms with van der Waals surface area (Å²) in [6.07, 6.45) is 7.03. The van der Waals surface area contributed by atoms with E-state index in [1.165, 1.54) is 0 Å². The van der Waals surface area contributed by atoms with Gasteiger partial charge in [0, 0.05) is 32.6 Å². The highest BCUT2D eigenvalue weighted by atomic mass is 16.1. The zero-order valence-corrected chi connectivity index (χ0v) is 9.08. The highest BCUT2D eigenvalue weighted by molar-refractivity contribution is 5.95. The van der Waals surface area contributed by atoms with Crippen molar-refractivity contribution in [3.8, 4) is 0 Å². The summed E-state index contributed by atoms with van der Waals surface area (Å²) in [6.45, 7) is 1.88. The average molecular weight is 206 g/mol. The number of carbonyl (C=O) groups excluding carboxylic acids is 1. The lowest BCUT2D eigenvalue weighted by Gasteiger charge is -2.36. The molecule has 1 unspecified atom stereocenters. The van der Waals surface area contributed by atoms with Crippen LogP contribution in [0.15, 0.2) is 24.7 Å². The Morgan fingerprint density at radius 3 is 2.73 bits per heavy atom. The molecule has 0 spiro atoms. The standard InChI is InChI=1S/C10H14N4O/c1-8-10(15)4-5-14(13(8)3)9-6-11-12(2)7-9/h4-8H,1-3H3. The molecule has 0 fully saturated rings. The minimum atomic E-state index is -0.129. The summed E-state index contributed by atoms with van der Waals surface area (Å²) in [5.41, 5.74) is 0.954. The molecule has 0 amide bonds. The van der Waals surface area contributed by atoms with Crippen LogP contribution in [-0.4, -0.2) is 33.7 Å². The Labute approximate surface area is 88.5 Å². The van der Waals surface area contributed by atoms with Crippen molar-refractivity contribution >= 4 is 11.5 Å². The van der Waals surface area contributed by atoms with Crippen LogP contribution in [0.1, 0.15) is 6.92 Å². The van der Waals surface area contributed by atoms with E-state index in [4.69, 9.17) is 0 Å². The third-order valence-corrected chi connectivity index (χ3v) is 2.65. The first-order valence-corrected chi connectivity index (χ1v) is 4.82. The maximum Gasteiger partial charge on any atom is 0.175 e. The molecule has 0 aliphatic carbocycles. The summed E-state index contributed by atoms with van der Waals surface area (Å²) in [4.78, 5) is 11.4. The highest BCUT2D eigenvalue weighted by Gasteiger charge is 2.25. The second kappa shape index (κ2) is 3.51. The number of nitrogens with zero attached hydrogens (tertiary/aromatic N) is 4. The second-order valence-corrected chi connectivity index (χ2v) is 3.68. The molecule has 0 bridgehead atoms. The molecule has 0 N–H and O–H groups in total. The fraction of sp³-hybridized carbons (Fsp3) is 0.400. The number of hydrogen-bond acceptors (Lipinski definition) is 4. The van der Waals surface area contributed by atoms with Gasteiger partial charge >= 0.3 is 0 Å². The van der Waals surface area contributed by atoms with Gasteiger partial charge in [-0.1, -0.05) is 0 Å². The molecule has 1 aromatic heterocycles. The number of aromatic nitrogens is 2. The van der Waals surface area contributed by atoms with E-state index in [1.54, 1.807) is 23.2 Å². The maximum absolute atomic E-state index is 11.4. The van der Waals surface area contributed by atoms with Gasteiger partial charge in [-0.25, -0.2) is 5.01 Å². The van der Waals surface area contributed by atoms with E-state index >= 15 is 0 Å². The molecule has 1 aromatic rings. The number of carbonyl (C=O) groups is 1. The lowest BCUT2D eigenvalue weighted by Crippen LogP contribution is -2.48. The maximum atomic E-state index is 11.4. The Bertz CT molecular complexity index is 409. The molecule has 0 saturated carbocycles. The molecule has 5 heteroatoms. The normalized spacial score (nSPS) is 22.5. The lowest BCUT2D eigenvalue weighted by atomic mass is 10.2. The summed E-state index contributed by atoms with van der Waals surface area (Å²) in [5.74, 6) is 0.123. The van der Waals surface area contributed by atoms with E-state index in [2.05, 4.69) is 5.10 Å². The molecular weight excluding hydrogens is 192 g/mol. The minimum Gasteiger partial charge on any atom is -0.293 e. The van der Waals surface area contributed by atoms with Gasteiger partial charge in [0.15, 0.2) is 5.78 Å². The van der Waals surface area contributed by atoms with Crippen LogP contribution in [-0.2, 0) is 11.8 Å². The Morgan fingerprint density at radius 2 is 2.13 bits per heavy atom. The lowest BCUT2D eigenvalue weighted by molar-refractivity contribution is -0.119. The van der Waals surface area contributed by atoms with E-state index in [0.29, 0.717) is 0 Å². The molecule has 1 aliphatic rings. The Morgan fingerprint density at radius 1 is 1.40 bits per heavy atom. The van der Waals surface area contributed by atoms with Crippen molar-refractivity contribution < 1.29 is 4.79 Å². The van der Waals surface area contributed by atoms with E-state index < -0.39 is 0 Å². The molecule has 1 atom stereocenters. The van der Waals surface area contributed by atoms with Gasteiger partial charge in [0.05, 0.1) is 17.9 Å².